The molecule has 1 aliphatic carbocycles. The summed E-state index contributed by atoms with van der Waals surface area (Å²) in [7, 11) is -3.88. The SMILES string of the molecule is Cc1ccc(S(=O)(=O)N2C3=Nc4ccccc4[C@]34[C@H](c3ccccc32)[C@@H]4c2ccccc2)cc1. The molecule has 0 saturated heterocycles. The zero-order valence-corrected chi connectivity index (χ0v) is 19.4. The van der Waals surface area contributed by atoms with E-state index in [4.69, 9.17) is 4.99 Å². The third-order valence-electron chi connectivity index (χ3n) is 7.55. The van der Waals surface area contributed by atoms with Crippen molar-refractivity contribution in [2.45, 2.75) is 29.1 Å². The topological polar surface area (TPSA) is 49.7 Å². The average Bonchev–Trinajstić information content (AvgIpc) is 3.46. The second-order valence-electron chi connectivity index (χ2n) is 9.33. The average molecular weight is 463 g/mol. The zero-order chi connectivity index (χ0) is 23.1. The van der Waals surface area contributed by atoms with Crippen LogP contribution in [0.15, 0.2) is 113 Å². The van der Waals surface area contributed by atoms with Crippen molar-refractivity contribution in [3.63, 3.8) is 0 Å². The van der Waals surface area contributed by atoms with E-state index < -0.39 is 15.4 Å². The van der Waals surface area contributed by atoms with Gasteiger partial charge in [-0.15, -0.1) is 0 Å². The molecule has 1 spiro atoms. The molecule has 2 heterocycles. The summed E-state index contributed by atoms with van der Waals surface area (Å²) in [4.78, 5) is 5.29. The van der Waals surface area contributed by atoms with Gasteiger partial charge in [-0.2, -0.15) is 0 Å². The number of rotatable bonds is 3. The van der Waals surface area contributed by atoms with Crippen LogP contribution < -0.4 is 4.31 Å². The lowest BCUT2D eigenvalue weighted by molar-refractivity contribution is 0.595. The quantitative estimate of drug-likeness (QED) is 0.371. The van der Waals surface area contributed by atoms with Gasteiger partial charge in [0.2, 0.25) is 0 Å². The summed E-state index contributed by atoms with van der Waals surface area (Å²) in [5, 5.41) is 0. The number of fused-ring (bicyclic) bond motifs is 3. The minimum atomic E-state index is -3.88. The summed E-state index contributed by atoms with van der Waals surface area (Å²) in [6.07, 6.45) is 0. The molecular weight excluding hydrogens is 440 g/mol. The maximum Gasteiger partial charge on any atom is 0.269 e. The summed E-state index contributed by atoms with van der Waals surface area (Å²) in [5.41, 5.74) is 5.47. The predicted octanol–water partition coefficient (Wildman–Crippen LogP) is 6.07. The monoisotopic (exact) mass is 462 g/mol. The molecule has 166 valence electrons. The van der Waals surface area contributed by atoms with Crippen molar-refractivity contribution in [1.82, 2.24) is 0 Å². The Labute approximate surface area is 199 Å². The molecule has 4 aromatic rings. The Morgan fingerprint density at radius 1 is 0.765 bits per heavy atom. The van der Waals surface area contributed by atoms with Gasteiger partial charge < -0.3 is 0 Å². The van der Waals surface area contributed by atoms with Crippen LogP contribution in [0.2, 0.25) is 0 Å². The molecule has 2 aliphatic heterocycles. The zero-order valence-electron chi connectivity index (χ0n) is 18.6. The first-order chi connectivity index (χ1) is 16.5. The van der Waals surface area contributed by atoms with Gasteiger partial charge in [-0.1, -0.05) is 84.4 Å². The molecule has 3 aliphatic rings. The molecular formula is C29H22N2O2S. The molecule has 3 atom stereocenters. The third-order valence-corrected chi connectivity index (χ3v) is 9.27. The minimum Gasteiger partial charge on any atom is -0.233 e. The molecule has 34 heavy (non-hydrogen) atoms. The van der Waals surface area contributed by atoms with E-state index in [1.54, 1.807) is 12.1 Å². The largest absolute Gasteiger partial charge is 0.269 e. The van der Waals surface area contributed by atoms with Gasteiger partial charge in [0.15, 0.2) is 0 Å². The molecule has 5 heteroatoms. The van der Waals surface area contributed by atoms with Gasteiger partial charge in [-0.05, 0) is 47.9 Å². The van der Waals surface area contributed by atoms with Crippen LogP contribution >= 0.6 is 0 Å². The molecule has 0 aromatic heterocycles. The fraction of sp³-hybridized carbons (Fsp3) is 0.138. The van der Waals surface area contributed by atoms with Crippen molar-refractivity contribution in [3.05, 3.63) is 125 Å². The lowest BCUT2D eigenvalue weighted by Crippen LogP contribution is -2.45. The number of aryl methyl sites for hydroxylation is 1. The Hall–Kier alpha value is -3.70. The first-order valence-electron chi connectivity index (χ1n) is 11.5. The number of aliphatic imine (C=N–C) groups is 1. The number of hydrogen-bond donors (Lipinski definition) is 0. The summed E-state index contributed by atoms with van der Waals surface area (Å²) >= 11 is 0. The van der Waals surface area contributed by atoms with Gasteiger partial charge in [0, 0.05) is 11.8 Å². The molecule has 4 aromatic carbocycles. The molecule has 0 unspecified atom stereocenters. The van der Waals surface area contributed by atoms with E-state index in [1.807, 2.05) is 61.5 Å². The van der Waals surface area contributed by atoms with Crippen LogP contribution in [0.1, 0.15) is 34.1 Å². The van der Waals surface area contributed by atoms with Gasteiger partial charge >= 0.3 is 0 Å². The van der Waals surface area contributed by atoms with Crippen LogP contribution in [0.4, 0.5) is 11.4 Å². The molecule has 1 saturated carbocycles. The number of hydrogen-bond acceptors (Lipinski definition) is 3. The minimum absolute atomic E-state index is 0.121. The molecule has 0 bridgehead atoms. The lowest BCUT2D eigenvalue weighted by Gasteiger charge is -2.34. The number of benzene rings is 4. The smallest absolute Gasteiger partial charge is 0.233 e. The molecule has 0 N–H and O–H groups in total. The van der Waals surface area contributed by atoms with E-state index in [-0.39, 0.29) is 16.7 Å². The number of anilines is 1. The van der Waals surface area contributed by atoms with Gasteiger partial charge in [0.25, 0.3) is 10.0 Å². The Balaban J connectivity index is 1.53. The number of para-hydroxylation sites is 2. The molecule has 0 radical (unpaired) electrons. The van der Waals surface area contributed by atoms with Gasteiger partial charge in [-0.3, -0.25) is 0 Å². The van der Waals surface area contributed by atoms with Gasteiger partial charge in [0.1, 0.15) is 5.84 Å². The summed E-state index contributed by atoms with van der Waals surface area (Å²) in [6.45, 7) is 1.96. The van der Waals surface area contributed by atoms with Crippen LogP contribution in [-0.4, -0.2) is 14.3 Å². The van der Waals surface area contributed by atoms with Crippen molar-refractivity contribution in [2.75, 3.05) is 4.31 Å². The van der Waals surface area contributed by atoms with E-state index in [1.165, 1.54) is 9.87 Å². The van der Waals surface area contributed by atoms with Gasteiger partial charge in [0.05, 0.1) is 21.7 Å². The summed E-state index contributed by atoms with van der Waals surface area (Å²) < 4.78 is 29.9. The van der Waals surface area contributed by atoms with E-state index in [9.17, 15) is 8.42 Å². The maximum absolute atomic E-state index is 14.2. The third kappa shape index (κ3) is 2.37. The number of sulfonamides is 1. The highest BCUT2D eigenvalue weighted by atomic mass is 32.2. The standard InChI is InChI=1S/C29H22N2O2S/c1-19-15-17-21(18-16-19)34(32,33)31-25-14-8-5-11-22(25)27-26(20-9-3-2-4-10-20)29(27)23-12-6-7-13-24(23)30-28(29)31/h2-18,26-27H,1H3/t26-,27+,29-/m0/s1. The second kappa shape index (κ2) is 6.67. The number of nitrogens with zero attached hydrogens (tertiary/aromatic N) is 2. The van der Waals surface area contributed by atoms with E-state index in [2.05, 4.69) is 36.4 Å². The van der Waals surface area contributed by atoms with Gasteiger partial charge in [-0.25, -0.2) is 17.7 Å². The van der Waals surface area contributed by atoms with Crippen LogP contribution in [-0.2, 0) is 15.4 Å². The van der Waals surface area contributed by atoms with Crippen LogP contribution in [0.3, 0.4) is 0 Å². The van der Waals surface area contributed by atoms with Crippen LogP contribution in [0, 0.1) is 6.92 Å². The summed E-state index contributed by atoms with van der Waals surface area (Å²) in [5.74, 6) is 0.875. The lowest BCUT2D eigenvalue weighted by atomic mass is 9.86. The predicted molar refractivity (Wildman–Crippen MR) is 134 cm³/mol. The summed E-state index contributed by atoms with van der Waals surface area (Å²) in [6, 6.07) is 33.5. The normalized spacial score (nSPS) is 23.9. The Morgan fingerprint density at radius 3 is 2.24 bits per heavy atom. The highest BCUT2D eigenvalue weighted by Crippen LogP contribution is 2.77. The number of amidine groups is 1. The fourth-order valence-electron chi connectivity index (χ4n) is 6.11. The first-order valence-corrected chi connectivity index (χ1v) is 12.9. The Bertz CT molecular complexity index is 1590. The van der Waals surface area contributed by atoms with Crippen LogP contribution in [0.5, 0.6) is 0 Å². The first kappa shape index (κ1) is 19.7. The van der Waals surface area contributed by atoms with E-state index >= 15 is 0 Å². The molecule has 1 fully saturated rings. The molecule has 7 rings (SSSR count). The Kier molecular flexibility index (Phi) is 3.87. The molecule has 0 amide bonds. The maximum atomic E-state index is 14.2. The highest BCUT2D eigenvalue weighted by Gasteiger charge is 2.76. The second-order valence-corrected chi connectivity index (χ2v) is 11.1. The van der Waals surface area contributed by atoms with Crippen molar-refractivity contribution in [3.8, 4) is 0 Å². The van der Waals surface area contributed by atoms with Crippen LogP contribution in [0.25, 0.3) is 0 Å². The van der Waals surface area contributed by atoms with E-state index in [0.717, 1.165) is 22.4 Å². The fourth-order valence-corrected chi connectivity index (χ4v) is 7.65. The van der Waals surface area contributed by atoms with Crippen molar-refractivity contribution >= 4 is 27.2 Å². The van der Waals surface area contributed by atoms with Crippen molar-refractivity contribution in [1.29, 1.82) is 0 Å². The Morgan fingerprint density at radius 2 is 1.44 bits per heavy atom. The highest BCUT2D eigenvalue weighted by molar-refractivity contribution is 7.93. The van der Waals surface area contributed by atoms with Crippen molar-refractivity contribution in [2.24, 2.45) is 4.99 Å². The van der Waals surface area contributed by atoms with Crippen molar-refractivity contribution < 1.29 is 8.42 Å². The molecule has 4 nitrogen and oxygen atoms in total. The van der Waals surface area contributed by atoms with E-state index in [0.29, 0.717) is 11.5 Å².